The Bertz CT molecular complexity index is 391. The van der Waals surface area contributed by atoms with Crippen molar-refractivity contribution in [3.63, 3.8) is 0 Å². The molecule has 0 saturated carbocycles. The summed E-state index contributed by atoms with van der Waals surface area (Å²) >= 11 is 0. The SMILES string of the molecule is CCCCN(C)C(C)C(=O)NCC(C)c1ccccc1. The van der Waals surface area contributed by atoms with Crippen molar-refractivity contribution >= 4 is 5.91 Å². The summed E-state index contributed by atoms with van der Waals surface area (Å²) in [7, 11) is 2.01. The van der Waals surface area contributed by atoms with Crippen LogP contribution in [0.5, 0.6) is 0 Å². The Balaban J connectivity index is 2.39. The van der Waals surface area contributed by atoms with Crippen LogP contribution in [0.3, 0.4) is 0 Å². The molecule has 0 saturated heterocycles. The molecule has 0 spiro atoms. The number of benzene rings is 1. The molecule has 0 heterocycles. The summed E-state index contributed by atoms with van der Waals surface area (Å²) in [5, 5.41) is 3.06. The Kier molecular flexibility index (Phi) is 7.31. The van der Waals surface area contributed by atoms with E-state index in [9.17, 15) is 4.79 Å². The van der Waals surface area contributed by atoms with Gasteiger partial charge in [0.25, 0.3) is 0 Å². The van der Waals surface area contributed by atoms with Gasteiger partial charge >= 0.3 is 0 Å². The first kappa shape index (κ1) is 16.7. The van der Waals surface area contributed by atoms with Crippen LogP contribution >= 0.6 is 0 Å². The molecular formula is C17H28N2O. The molecule has 0 aliphatic rings. The van der Waals surface area contributed by atoms with Crippen molar-refractivity contribution in [2.24, 2.45) is 0 Å². The third-order valence-electron chi connectivity index (χ3n) is 3.86. The van der Waals surface area contributed by atoms with Crippen molar-refractivity contribution in [1.82, 2.24) is 10.2 Å². The van der Waals surface area contributed by atoms with Crippen molar-refractivity contribution in [3.05, 3.63) is 35.9 Å². The number of carbonyl (C=O) groups excluding carboxylic acids is 1. The predicted octanol–water partition coefficient (Wildman–Crippen LogP) is 3.03. The van der Waals surface area contributed by atoms with Gasteiger partial charge in [-0.1, -0.05) is 50.6 Å². The van der Waals surface area contributed by atoms with Crippen molar-refractivity contribution in [2.45, 2.75) is 45.6 Å². The molecule has 0 aliphatic heterocycles. The highest BCUT2D eigenvalue weighted by molar-refractivity contribution is 5.81. The van der Waals surface area contributed by atoms with Crippen LogP contribution in [0.25, 0.3) is 0 Å². The Hall–Kier alpha value is -1.35. The molecule has 0 aromatic heterocycles. The lowest BCUT2D eigenvalue weighted by molar-refractivity contribution is -0.125. The van der Waals surface area contributed by atoms with E-state index < -0.39 is 0 Å². The van der Waals surface area contributed by atoms with Gasteiger partial charge in [0.05, 0.1) is 6.04 Å². The minimum atomic E-state index is -0.0653. The van der Waals surface area contributed by atoms with Crippen molar-refractivity contribution in [2.75, 3.05) is 20.1 Å². The van der Waals surface area contributed by atoms with E-state index in [0.717, 1.165) is 19.4 Å². The molecule has 2 unspecified atom stereocenters. The fourth-order valence-corrected chi connectivity index (χ4v) is 2.10. The Morgan fingerprint density at radius 1 is 1.25 bits per heavy atom. The van der Waals surface area contributed by atoms with Crippen LogP contribution in [0.1, 0.15) is 45.1 Å². The second-order valence-corrected chi connectivity index (χ2v) is 5.57. The number of unbranched alkanes of at least 4 members (excludes halogenated alkanes) is 1. The zero-order valence-corrected chi connectivity index (χ0v) is 13.2. The minimum absolute atomic E-state index is 0.0653. The van der Waals surface area contributed by atoms with Crippen molar-refractivity contribution < 1.29 is 4.79 Å². The Labute approximate surface area is 123 Å². The van der Waals surface area contributed by atoms with Gasteiger partial charge < -0.3 is 5.32 Å². The molecule has 0 radical (unpaired) electrons. The highest BCUT2D eigenvalue weighted by Crippen LogP contribution is 2.13. The van der Waals surface area contributed by atoms with Gasteiger partial charge in [-0.25, -0.2) is 0 Å². The van der Waals surface area contributed by atoms with E-state index in [4.69, 9.17) is 0 Å². The second-order valence-electron chi connectivity index (χ2n) is 5.57. The van der Waals surface area contributed by atoms with E-state index >= 15 is 0 Å². The summed E-state index contributed by atoms with van der Waals surface area (Å²) < 4.78 is 0. The Morgan fingerprint density at radius 2 is 1.90 bits per heavy atom. The minimum Gasteiger partial charge on any atom is -0.354 e. The summed E-state index contributed by atoms with van der Waals surface area (Å²) in [6.45, 7) is 7.94. The van der Waals surface area contributed by atoms with E-state index in [-0.39, 0.29) is 11.9 Å². The molecule has 1 rings (SSSR count). The predicted molar refractivity (Wildman–Crippen MR) is 84.9 cm³/mol. The van der Waals surface area contributed by atoms with Crippen molar-refractivity contribution in [1.29, 1.82) is 0 Å². The maximum atomic E-state index is 12.1. The molecule has 3 nitrogen and oxygen atoms in total. The Morgan fingerprint density at radius 3 is 2.50 bits per heavy atom. The van der Waals surface area contributed by atoms with Crippen LogP contribution in [0, 0.1) is 0 Å². The largest absolute Gasteiger partial charge is 0.354 e. The van der Waals surface area contributed by atoms with Gasteiger partial charge in [-0.15, -0.1) is 0 Å². The summed E-state index contributed by atoms with van der Waals surface area (Å²) in [6, 6.07) is 10.2. The molecule has 1 N–H and O–H groups in total. The van der Waals surface area contributed by atoms with E-state index in [1.54, 1.807) is 0 Å². The summed E-state index contributed by atoms with van der Waals surface area (Å²) in [5.41, 5.74) is 1.26. The molecule has 20 heavy (non-hydrogen) atoms. The zero-order valence-electron chi connectivity index (χ0n) is 13.2. The van der Waals surface area contributed by atoms with Crippen LogP contribution in [0.15, 0.2) is 30.3 Å². The van der Waals surface area contributed by atoms with Gasteiger partial charge in [-0.2, -0.15) is 0 Å². The average Bonchev–Trinajstić information content (AvgIpc) is 2.49. The van der Waals surface area contributed by atoms with Crippen molar-refractivity contribution in [3.8, 4) is 0 Å². The van der Waals surface area contributed by atoms with E-state index in [0.29, 0.717) is 12.5 Å². The highest BCUT2D eigenvalue weighted by Gasteiger charge is 2.17. The molecule has 0 aliphatic carbocycles. The first-order valence-electron chi connectivity index (χ1n) is 7.59. The number of nitrogens with one attached hydrogen (secondary N) is 1. The molecule has 1 aromatic carbocycles. The fraction of sp³-hybridized carbons (Fsp3) is 0.588. The van der Waals surface area contributed by atoms with Crippen LogP contribution in [0.2, 0.25) is 0 Å². The summed E-state index contributed by atoms with van der Waals surface area (Å²) in [5.74, 6) is 0.458. The number of rotatable bonds is 8. The van der Waals surface area contributed by atoms with E-state index in [1.165, 1.54) is 5.56 Å². The molecular weight excluding hydrogens is 248 g/mol. The number of likely N-dealkylation sites (N-methyl/N-ethyl adjacent to an activating group) is 1. The maximum Gasteiger partial charge on any atom is 0.237 e. The highest BCUT2D eigenvalue weighted by atomic mass is 16.2. The topological polar surface area (TPSA) is 32.3 Å². The van der Waals surface area contributed by atoms with E-state index in [1.807, 2.05) is 32.2 Å². The number of nitrogens with zero attached hydrogens (tertiary/aromatic N) is 1. The molecule has 1 amide bonds. The third kappa shape index (κ3) is 5.33. The van der Waals surface area contributed by atoms with Gasteiger partial charge in [0.15, 0.2) is 0 Å². The molecule has 3 heteroatoms. The van der Waals surface area contributed by atoms with Crippen LogP contribution in [-0.2, 0) is 4.79 Å². The third-order valence-corrected chi connectivity index (χ3v) is 3.86. The normalized spacial score (nSPS) is 14.1. The summed E-state index contributed by atoms with van der Waals surface area (Å²) in [6.07, 6.45) is 2.29. The van der Waals surface area contributed by atoms with E-state index in [2.05, 4.69) is 36.2 Å². The lowest BCUT2D eigenvalue weighted by atomic mass is 10.0. The standard InChI is InChI=1S/C17H28N2O/c1-5-6-12-19(4)15(3)17(20)18-13-14(2)16-10-8-7-9-11-16/h7-11,14-15H,5-6,12-13H2,1-4H3,(H,18,20). The fourth-order valence-electron chi connectivity index (χ4n) is 2.10. The molecule has 1 aromatic rings. The molecule has 2 atom stereocenters. The smallest absolute Gasteiger partial charge is 0.237 e. The first-order chi connectivity index (χ1) is 9.56. The molecule has 112 valence electrons. The average molecular weight is 276 g/mol. The number of amides is 1. The maximum absolute atomic E-state index is 12.1. The van der Waals surface area contributed by atoms with Gasteiger partial charge in [0.1, 0.15) is 0 Å². The summed E-state index contributed by atoms with van der Waals surface area (Å²) in [4.78, 5) is 14.2. The lowest BCUT2D eigenvalue weighted by Crippen LogP contribution is -2.44. The molecule has 0 fully saturated rings. The number of hydrogen-bond donors (Lipinski definition) is 1. The van der Waals surface area contributed by atoms with Gasteiger partial charge in [-0.05, 0) is 38.4 Å². The van der Waals surface area contributed by atoms with Crippen LogP contribution in [0.4, 0.5) is 0 Å². The van der Waals surface area contributed by atoms with Gasteiger partial charge in [-0.3, -0.25) is 9.69 Å². The second kappa shape index (κ2) is 8.75. The first-order valence-corrected chi connectivity index (χ1v) is 7.59. The number of carbonyl (C=O) groups is 1. The molecule has 0 bridgehead atoms. The monoisotopic (exact) mass is 276 g/mol. The number of hydrogen-bond acceptors (Lipinski definition) is 2. The quantitative estimate of drug-likeness (QED) is 0.791. The van der Waals surface area contributed by atoms with Crippen LogP contribution < -0.4 is 5.32 Å². The van der Waals surface area contributed by atoms with Gasteiger partial charge in [0.2, 0.25) is 5.91 Å². The lowest BCUT2D eigenvalue weighted by Gasteiger charge is -2.24. The zero-order chi connectivity index (χ0) is 15.0. The van der Waals surface area contributed by atoms with Crippen LogP contribution in [-0.4, -0.2) is 37.0 Å². The van der Waals surface area contributed by atoms with Gasteiger partial charge in [0, 0.05) is 6.54 Å².